The van der Waals surface area contributed by atoms with Gasteiger partial charge in [-0.2, -0.15) is 0 Å². The van der Waals surface area contributed by atoms with E-state index in [1.165, 1.54) is 18.2 Å². The molecular formula is C18H15N3O5. The number of aromatic hydroxyl groups is 1. The molecule has 0 saturated carbocycles. The Morgan fingerprint density at radius 3 is 2.50 bits per heavy atom. The van der Waals surface area contributed by atoms with Crippen molar-refractivity contribution in [3.63, 3.8) is 0 Å². The Bertz CT molecular complexity index is 1070. The summed E-state index contributed by atoms with van der Waals surface area (Å²) in [5.41, 5.74) is 0.722. The van der Waals surface area contributed by atoms with Gasteiger partial charge in [0.1, 0.15) is 17.1 Å². The van der Waals surface area contributed by atoms with Gasteiger partial charge in [0.05, 0.1) is 4.92 Å². The van der Waals surface area contributed by atoms with Gasteiger partial charge in [-0.15, -0.1) is 0 Å². The van der Waals surface area contributed by atoms with Crippen LogP contribution in [0.4, 0.5) is 22.7 Å². The van der Waals surface area contributed by atoms with Crippen LogP contribution < -0.4 is 21.5 Å². The van der Waals surface area contributed by atoms with Gasteiger partial charge in [-0.1, -0.05) is 12.1 Å². The molecule has 26 heavy (non-hydrogen) atoms. The fourth-order valence-corrected chi connectivity index (χ4v) is 2.53. The van der Waals surface area contributed by atoms with Crippen LogP contribution in [0.1, 0.15) is 11.1 Å². The summed E-state index contributed by atoms with van der Waals surface area (Å²) in [4.78, 5) is 34.0. The van der Waals surface area contributed by atoms with Crippen molar-refractivity contribution in [3.8, 4) is 5.75 Å². The van der Waals surface area contributed by atoms with Gasteiger partial charge in [0, 0.05) is 24.4 Å². The van der Waals surface area contributed by atoms with Crippen LogP contribution in [0.25, 0.3) is 0 Å². The lowest BCUT2D eigenvalue weighted by molar-refractivity contribution is -0.384. The van der Waals surface area contributed by atoms with E-state index in [2.05, 4.69) is 10.6 Å². The van der Waals surface area contributed by atoms with Crippen LogP contribution in [0, 0.1) is 17.0 Å². The summed E-state index contributed by atoms with van der Waals surface area (Å²) in [6, 6.07) is 10.7. The van der Waals surface area contributed by atoms with Crippen molar-refractivity contribution in [1.82, 2.24) is 0 Å². The first kappa shape index (κ1) is 17.2. The number of nitrogens with one attached hydrogen (secondary N) is 2. The van der Waals surface area contributed by atoms with Crippen molar-refractivity contribution in [2.45, 2.75) is 13.5 Å². The molecule has 0 saturated heterocycles. The van der Waals surface area contributed by atoms with Gasteiger partial charge in [0.2, 0.25) is 0 Å². The fourth-order valence-electron chi connectivity index (χ4n) is 2.53. The van der Waals surface area contributed by atoms with Crippen LogP contribution in [0.2, 0.25) is 0 Å². The highest BCUT2D eigenvalue weighted by molar-refractivity contribution is 5.79. The number of hydrogen-bond donors (Lipinski definition) is 3. The molecule has 0 amide bonds. The Morgan fingerprint density at radius 2 is 1.81 bits per heavy atom. The van der Waals surface area contributed by atoms with Crippen LogP contribution >= 0.6 is 0 Å². The second-order valence-corrected chi connectivity index (χ2v) is 5.82. The fraction of sp³-hybridized carbons (Fsp3) is 0.111. The van der Waals surface area contributed by atoms with Crippen molar-refractivity contribution >= 4 is 22.7 Å². The molecule has 8 heteroatoms. The SMILES string of the molecule is Cc1cc(Nc2c(NCc3cccc([N+](=O)[O-])c3)c(=O)c2=O)ccc1O. The minimum Gasteiger partial charge on any atom is -0.508 e. The topological polar surface area (TPSA) is 122 Å². The van der Waals surface area contributed by atoms with Crippen LogP contribution in [-0.4, -0.2) is 10.0 Å². The highest BCUT2D eigenvalue weighted by Crippen LogP contribution is 2.25. The van der Waals surface area contributed by atoms with E-state index in [4.69, 9.17) is 0 Å². The Kier molecular flexibility index (Phi) is 4.40. The summed E-state index contributed by atoms with van der Waals surface area (Å²) in [6.07, 6.45) is 0. The molecule has 0 unspecified atom stereocenters. The van der Waals surface area contributed by atoms with Gasteiger partial charge in [0.15, 0.2) is 0 Å². The first-order chi connectivity index (χ1) is 12.4. The second-order valence-electron chi connectivity index (χ2n) is 5.82. The molecule has 0 radical (unpaired) electrons. The molecule has 3 rings (SSSR count). The third kappa shape index (κ3) is 3.25. The van der Waals surface area contributed by atoms with E-state index in [1.807, 2.05) is 0 Å². The normalized spacial score (nSPS) is 10.7. The maximum atomic E-state index is 11.8. The smallest absolute Gasteiger partial charge is 0.269 e. The van der Waals surface area contributed by atoms with E-state index >= 15 is 0 Å². The molecule has 0 aliphatic carbocycles. The van der Waals surface area contributed by atoms with Gasteiger partial charge in [-0.05, 0) is 36.2 Å². The van der Waals surface area contributed by atoms with Crippen LogP contribution in [0.3, 0.4) is 0 Å². The molecule has 0 aliphatic heterocycles. The molecule has 3 aromatic carbocycles. The lowest BCUT2D eigenvalue weighted by Crippen LogP contribution is -2.36. The molecule has 8 nitrogen and oxygen atoms in total. The second kappa shape index (κ2) is 6.67. The van der Waals surface area contributed by atoms with Gasteiger partial charge in [-0.25, -0.2) is 0 Å². The minimum atomic E-state index is -0.645. The largest absolute Gasteiger partial charge is 0.508 e. The van der Waals surface area contributed by atoms with Crippen molar-refractivity contribution in [3.05, 3.63) is 84.2 Å². The molecule has 0 heterocycles. The predicted molar refractivity (Wildman–Crippen MR) is 97.9 cm³/mol. The highest BCUT2D eigenvalue weighted by Gasteiger charge is 2.21. The summed E-state index contributed by atoms with van der Waals surface area (Å²) in [6.45, 7) is 1.87. The number of phenols is 1. The maximum Gasteiger partial charge on any atom is 0.269 e. The first-order valence-electron chi connectivity index (χ1n) is 7.74. The quantitative estimate of drug-likeness (QED) is 0.269. The molecule has 0 fully saturated rings. The third-order valence-electron chi connectivity index (χ3n) is 3.97. The molecule has 3 N–H and O–H groups in total. The zero-order chi connectivity index (χ0) is 18.8. The Morgan fingerprint density at radius 1 is 1.08 bits per heavy atom. The lowest BCUT2D eigenvalue weighted by atomic mass is 10.1. The molecule has 132 valence electrons. The Balaban J connectivity index is 1.77. The number of nitro benzene ring substituents is 1. The summed E-state index contributed by atoms with van der Waals surface area (Å²) in [5.74, 6) is 0.129. The first-order valence-corrected chi connectivity index (χ1v) is 7.74. The molecule has 0 aliphatic rings. The molecule has 0 bridgehead atoms. The molecule has 0 aromatic heterocycles. The van der Waals surface area contributed by atoms with E-state index < -0.39 is 15.8 Å². The van der Waals surface area contributed by atoms with E-state index in [0.29, 0.717) is 16.8 Å². The average molecular weight is 353 g/mol. The lowest BCUT2D eigenvalue weighted by Gasteiger charge is -2.15. The van der Waals surface area contributed by atoms with Gasteiger partial charge >= 0.3 is 0 Å². The number of non-ortho nitro benzene ring substituents is 1. The van der Waals surface area contributed by atoms with Crippen molar-refractivity contribution in [2.24, 2.45) is 0 Å². The van der Waals surface area contributed by atoms with Crippen LogP contribution in [0.5, 0.6) is 5.75 Å². The number of aryl methyl sites for hydroxylation is 1. The summed E-state index contributed by atoms with van der Waals surface area (Å²) in [7, 11) is 0. The van der Waals surface area contributed by atoms with Crippen LogP contribution in [-0.2, 0) is 6.54 Å². The Labute approximate surface area is 147 Å². The molecule has 0 spiro atoms. The van der Waals surface area contributed by atoms with Gasteiger partial charge < -0.3 is 15.7 Å². The maximum absolute atomic E-state index is 11.8. The molecular weight excluding hydrogens is 338 g/mol. The Hall–Kier alpha value is -3.68. The van der Waals surface area contributed by atoms with E-state index in [9.17, 15) is 24.8 Å². The summed E-state index contributed by atoms with van der Waals surface area (Å²) in [5, 5.41) is 26.1. The van der Waals surface area contributed by atoms with Gasteiger partial charge in [0.25, 0.3) is 16.5 Å². The number of nitrogens with zero attached hydrogens (tertiary/aromatic N) is 1. The number of phenolic OH excluding ortho intramolecular Hbond substituents is 1. The summed E-state index contributed by atoms with van der Waals surface area (Å²) < 4.78 is 0. The standard InChI is InChI=1S/C18H15N3O5/c1-10-7-12(5-6-14(10)22)20-16-15(17(23)18(16)24)19-9-11-3-2-4-13(8-11)21(25)26/h2-8,19-20,22H,9H2,1H3. The van der Waals surface area contributed by atoms with Crippen LogP contribution in [0.15, 0.2) is 52.1 Å². The van der Waals surface area contributed by atoms with E-state index in [-0.39, 0.29) is 29.4 Å². The monoisotopic (exact) mass is 353 g/mol. The number of hydrogen-bond acceptors (Lipinski definition) is 7. The van der Waals surface area contributed by atoms with Crippen molar-refractivity contribution in [1.29, 1.82) is 0 Å². The third-order valence-corrected chi connectivity index (χ3v) is 3.97. The minimum absolute atomic E-state index is 0.0489. The molecule has 0 atom stereocenters. The summed E-state index contributed by atoms with van der Waals surface area (Å²) >= 11 is 0. The number of nitro groups is 1. The average Bonchev–Trinajstić information content (AvgIpc) is 2.63. The molecule has 3 aromatic rings. The number of rotatable bonds is 6. The zero-order valence-electron chi connectivity index (χ0n) is 13.8. The van der Waals surface area contributed by atoms with E-state index in [1.54, 1.807) is 31.2 Å². The van der Waals surface area contributed by atoms with Gasteiger partial charge in [-0.3, -0.25) is 19.7 Å². The predicted octanol–water partition coefficient (Wildman–Crippen LogP) is 2.56. The van der Waals surface area contributed by atoms with Crippen molar-refractivity contribution in [2.75, 3.05) is 10.6 Å². The number of anilines is 3. The van der Waals surface area contributed by atoms with Crippen molar-refractivity contribution < 1.29 is 10.0 Å². The highest BCUT2D eigenvalue weighted by atomic mass is 16.6. The van der Waals surface area contributed by atoms with E-state index in [0.717, 1.165) is 0 Å². The number of benzene rings is 2. The zero-order valence-corrected chi connectivity index (χ0v) is 13.8.